The van der Waals surface area contributed by atoms with Gasteiger partial charge in [0, 0.05) is 10.6 Å². The summed E-state index contributed by atoms with van der Waals surface area (Å²) in [6, 6.07) is 7.43. The Bertz CT molecular complexity index is 1050. The summed E-state index contributed by atoms with van der Waals surface area (Å²) < 4.78 is 5.52. The maximum atomic E-state index is 13.6. The second-order valence-corrected chi connectivity index (χ2v) is 12.3. The molecule has 2 heterocycles. The topological polar surface area (TPSA) is 70.7 Å². The quantitative estimate of drug-likeness (QED) is 0.453. The number of benzene rings is 1. The first-order valence-electron chi connectivity index (χ1n) is 13.5. The van der Waals surface area contributed by atoms with E-state index in [1.807, 2.05) is 31.2 Å². The summed E-state index contributed by atoms with van der Waals surface area (Å²) in [5, 5.41) is 6.89. The monoisotopic (exact) mass is 511 g/mol. The molecule has 1 aliphatic heterocycles. The SMILES string of the molecule is CCOc1ccc(NC(=O)c2c(NC(=O)CN3CCCCCC3)sc3c2CC[C@H](C(C)(C)C)C3)cc1. The van der Waals surface area contributed by atoms with Crippen LogP contribution in [0.3, 0.4) is 0 Å². The Morgan fingerprint density at radius 2 is 1.75 bits per heavy atom. The summed E-state index contributed by atoms with van der Waals surface area (Å²) >= 11 is 1.59. The third-order valence-corrected chi connectivity index (χ3v) is 8.63. The van der Waals surface area contributed by atoms with Gasteiger partial charge in [0.1, 0.15) is 10.8 Å². The van der Waals surface area contributed by atoms with Crippen LogP contribution in [0.1, 0.15) is 80.6 Å². The Morgan fingerprint density at radius 3 is 2.39 bits per heavy atom. The number of carbonyl (C=O) groups excluding carboxylic acids is 2. The number of amides is 2. The van der Waals surface area contributed by atoms with Crippen molar-refractivity contribution in [1.82, 2.24) is 4.90 Å². The molecule has 196 valence electrons. The van der Waals surface area contributed by atoms with Gasteiger partial charge in [0.05, 0.1) is 18.7 Å². The Kier molecular flexibility index (Phi) is 8.73. The Balaban J connectivity index is 1.55. The van der Waals surface area contributed by atoms with Crippen LogP contribution in [0.15, 0.2) is 24.3 Å². The van der Waals surface area contributed by atoms with E-state index in [2.05, 4.69) is 36.3 Å². The second kappa shape index (κ2) is 11.8. The predicted molar refractivity (Wildman–Crippen MR) is 148 cm³/mol. The molecule has 0 saturated carbocycles. The lowest BCUT2D eigenvalue weighted by Gasteiger charge is -2.33. The van der Waals surface area contributed by atoms with Gasteiger partial charge in [-0.1, -0.05) is 33.6 Å². The molecule has 0 bridgehead atoms. The van der Waals surface area contributed by atoms with Crippen molar-refractivity contribution in [2.75, 3.05) is 36.9 Å². The van der Waals surface area contributed by atoms with E-state index in [1.165, 1.54) is 17.7 Å². The van der Waals surface area contributed by atoms with E-state index in [0.29, 0.717) is 35.3 Å². The highest BCUT2D eigenvalue weighted by molar-refractivity contribution is 7.17. The van der Waals surface area contributed by atoms with Gasteiger partial charge in [-0.2, -0.15) is 0 Å². The van der Waals surface area contributed by atoms with Crippen molar-refractivity contribution in [3.8, 4) is 5.75 Å². The summed E-state index contributed by atoms with van der Waals surface area (Å²) in [4.78, 5) is 30.1. The van der Waals surface area contributed by atoms with Gasteiger partial charge in [0.2, 0.25) is 5.91 Å². The van der Waals surface area contributed by atoms with E-state index in [9.17, 15) is 9.59 Å². The fraction of sp³-hybridized carbons (Fsp3) is 0.586. The van der Waals surface area contributed by atoms with Crippen molar-refractivity contribution < 1.29 is 14.3 Å². The van der Waals surface area contributed by atoms with E-state index in [0.717, 1.165) is 56.5 Å². The lowest BCUT2D eigenvalue weighted by atomic mass is 9.72. The van der Waals surface area contributed by atoms with Crippen molar-refractivity contribution in [1.29, 1.82) is 0 Å². The van der Waals surface area contributed by atoms with Gasteiger partial charge in [-0.3, -0.25) is 14.5 Å². The molecule has 2 aliphatic rings. The van der Waals surface area contributed by atoms with Crippen molar-refractivity contribution in [3.63, 3.8) is 0 Å². The molecule has 6 nitrogen and oxygen atoms in total. The number of nitrogens with zero attached hydrogens (tertiary/aromatic N) is 1. The first kappa shape index (κ1) is 26.7. The van der Waals surface area contributed by atoms with Gasteiger partial charge in [-0.15, -0.1) is 11.3 Å². The molecule has 1 aromatic heterocycles. The molecule has 0 radical (unpaired) electrons. The van der Waals surface area contributed by atoms with Crippen LogP contribution in [0.2, 0.25) is 0 Å². The van der Waals surface area contributed by atoms with Crippen LogP contribution < -0.4 is 15.4 Å². The van der Waals surface area contributed by atoms with Crippen molar-refractivity contribution in [2.45, 2.75) is 72.6 Å². The zero-order valence-electron chi connectivity index (χ0n) is 22.2. The van der Waals surface area contributed by atoms with Crippen molar-refractivity contribution in [3.05, 3.63) is 40.3 Å². The maximum Gasteiger partial charge on any atom is 0.258 e. The standard InChI is InChI=1S/C29H41N3O3S/c1-5-35-22-13-11-21(12-14-22)30-27(34)26-23-15-10-20(29(2,3)4)18-24(23)36-28(26)31-25(33)19-32-16-8-6-7-9-17-32/h11-14,20H,5-10,15-19H2,1-4H3,(H,30,34)(H,31,33)/t20-/m0/s1. The van der Waals surface area contributed by atoms with Crippen LogP contribution >= 0.6 is 11.3 Å². The average molecular weight is 512 g/mol. The minimum Gasteiger partial charge on any atom is -0.494 e. The van der Waals surface area contributed by atoms with Crippen LogP contribution in [0, 0.1) is 11.3 Å². The van der Waals surface area contributed by atoms with E-state index in [1.54, 1.807) is 11.3 Å². The minimum atomic E-state index is -0.157. The number of fused-ring (bicyclic) bond motifs is 1. The molecule has 0 spiro atoms. The molecule has 1 saturated heterocycles. The number of nitrogens with one attached hydrogen (secondary N) is 2. The Hall–Kier alpha value is -2.38. The normalized spacial score (nSPS) is 18.7. The molecule has 2 amide bonds. The van der Waals surface area contributed by atoms with E-state index < -0.39 is 0 Å². The van der Waals surface area contributed by atoms with Crippen LogP contribution in [-0.4, -0.2) is 43.0 Å². The van der Waals surface area contributed by atoms with Crippen LogP contribution in [-0.2, 0) is 17.6 Å². The summed E-state index contributed by atoms with van der Waals surface area (Å²) in [5.41, 5.74) is 2.67. The fourth-order valence-corrected chi connectivity index (χ4v) is 6.65. The third kappa shape index (κ3) is 6.68. The smallest absolute Gasteiger partial charge is 0.258 e. The van der Waals surface area contributed by atoms with Crippen molar-refractivity contribution >= 4 is 33.8 Å². The molecule has 7 heteroatoms. The summed E-state index contributed by atoms with van der Waals surface area (Å²) in [5.74, 6) is 1.15. The molecule has 0 unspecified atom stereocenters. The third-order valence-electron chi connectivity index (χ3n) is 7.46. The molecule has 1 aliphatic carbocycles. The zero-order chi connectivity index (χ0) is 25.7. The first-order valence-corrected chi connectivity index (χ1v) is 14.3. The van der Waals surface area contributed by atoms with Gasteiger partial charge in [-0.25, -0.2) is 0 Å². The molecule has 1 fully saturated rings. The van der Waals surface area contributed by atoms with Crippen molar-refractivity contribution in [2.24, 2.45) is 11.3 Å². The number of hydrogen-bond acceptors (Lipinski definition) is 5. The number of carbonyl (C=O) groups is 2. The highest BCUT2D eigenvalue weighted by Gasteiger charge is 2.34. The Morgan fingerprint density at radius 1 is 1.06 bits per heavy atom. The summed E-state index contributed by atoms with van der Waals surface area (Å²) in [6.07, 6.45) is 7.63. The molecule has 1 aromatic carbocycles. The largest absolute Gasteiger partial charge is 0.494 e. The van der Waals surface area contributed by atoms with E-state index in [-0.39, 0.29) is 17.2 Å². The minimum absolute atomic E-state index is 0.0296. The summed E-state index contributed by atoms with van der Waals surface area (Å²) in [7, 11) is 0. The number of ether oxygens (including phenoxy) is 1. The lowest BCUT2D eigenvalue weighted by molar-refractivity contribution is -0.117. The van der Waals surface area contributed by atoms with Gasteiger partial charge in [0.25, 0.3) is 5.91 Å². The number of hydrogen-bond donors (Lipinski definition) is 2. The molecule has 1 atom stereocenters. The van der Waals surface area contributed by atoms with E-state index >= 15 is 0 Å². The second-order valence-electron chi connectivity index (χ2n) is 11.2. The highest BCUT2D eigenvalue weighted by atomic mass is 32.1. The molecule has 36 heavy (non-hydrogen) atoms. The fourth-order valence-electron chi connectivity index (χ4n) is 5.31. The first-order chi connectivity index (χ1) is 17.2. The molecular formula is C29H41N3O3S. The maximum absolute atomic E-state index is 13.6. The average Bonchev–Trinajstić information content (AvgIpc) is 2.98. The zero-order valence-corrected chi connectivity index (χ0v) is 23.1. The van der Waals surface area contributed by atoms with Gasteiger partial charge >= 0.3 is 0 Å². The lowest BCUT2D eigenvalue weighted by Crippen LogP contribution is -2.34. The molecule has 2 aromatic rings. The predicted octanol–water partition coefficient (Wildman–Crippen LogP) is 6.36. The highest BCUT2D eigenvalue weighted by Crippen LogP contribution is 2.44. The van der Waals surface area contributed by atoms with E-state index in [4.69, 9.17) is 4.74 Å². The number of likely N-dealkylation sites (tertiary alicyclic amines) is 1. The number of thiophene rings is 1. The van der Waals surface area contributed by atoms with Crippen LogP contribution in [0.5, 0.6) is 5.75 Å². The van der Waals surface area contributed by atoms with Gasteiger partial charge < -0.3 is 15.4 Å². The molecular weight excluding hydrogens is 470 g/mol. The van der Waals surface area contributed by atoms with Gasteiger partial charge in [0.15, 0.2) is 0 Å². The van der Waals surface area contributed by atoms with Crippen LogP contribution in [0.4, 0.5) is 10.7 Å². The Labute approximate surface area is 219 Å². The number of anilines is 2. The van der Waals surface area contributed by atoms with Crippen LogP contribution in [0.25, 0.3) is 0 Å². The molecule has 4 rings (SSSR count). The van der Waals surface area contributed by atoms with Gasteiger partial charge in [-0.05, 0) is 93.3 Å². The number of rotatable bonds is 7. The molecule has 2 N–H and O–H groups in total. The summed E-state index contributed by atoms with van der Waals surface area (Å²) in [6.45, 7) is 11.7.